The average molecular weight is 261 g/mol. The van der Waals surface area contributed by atoms with Crippen molar-refractivity contribution in [2.24, 2.45) is 5.92 Å². The van der Waals surface area contributed by atoms with E-state index >= 15 is 0 Å². The largest absolute Gasteiger partial charge is 0.312 e. The maximum absolute atomic E-state index is 4.49. The zero-order valence-electron chi connectivity index (χ0n) is 12.7. The van der Waals surface area contributed by atoms with E-state index in [1.165, 1.54) is 30.8 Å². The summed E-state index contributed by atoms with van der Waals surface area (Å²) in [4.78, 5) is 7.03. The third-order valence-electron chi connectivity index (χ3n) is 3.78. The number of pyridine rings is 1. The highest BCUT2D eigenvalue weighted by atomic mass is 15.2. The Labute approximate surface area is 117 Å². The molecule has 1 unspecified atom stereocenters. The lowest BCUT2D eigenvalue weighted by Gasteiger charge is -2.23. The predicted molar refractivity (Wildman–Crippen MR) is 80.1 cm³/mol. The van der Waals surface area contributed by atoms with Crippen LogP contribution >= 0.6 is 0 Å². The number of hydrogen-bond acceptors (Lipinski definition) is 3. The molecule has 3 nitrogen and oxygen atoms in total. The second-order valence-electron chi connectivity index (χ2n) is 6.79. The van der Waals surface area contributed by atoms with E-state index in [2.05, 4.69) is 49.0 Å². The van der Waals surface area contributed by atoms with E-state index in [1.54, 1.807) is 0 Å². The summed E-state index contributed by atoms with van der Waals surface area (Å²) >= 11 is 0. The number of likely N-dealkylation sites (tertiary alicyclic amines) is 1. The fourth-order valence-corrected chi connectivity index (χ4v) is 2.57. The Hall–Kier alpha value is -0.930. The summed E-state index contributed by atoms with van der Waals surface area (Å²) in [6, 6.07) is 4.16. The Balaban J connectivity index is 1.81. The van der Waals surface area contributed by atoms with Gasteiger partial charge in [-0.2, -0.15) is 0 Å². The molecule has 2 rings (SSSR count). The molecule has 19 heavy (non-hydrogen) atoms. The molecule has 1 aliphatic rings. The van der Waals surface area contributed by atoms with Gasteiger partial charge in [-0.25, -0.2) is 0 Å². The molecule has 2 heterocycles. The van der Waals surface area contributed by atoms with Crippen LogP contribution in [0.4, 0.5) is 0 Å². The Bertz CT molecular complexity index is 409. The lowest BCUT2D eigenvalue weighted by molar-refractivity contribution is 0.301. The van der Waals surface area contributed by atoms with Gasteiger partial charge in [0.1, 0.15) is 0 Å². The van der Waals surface area contributed by atoms with Crippen LogP contribution in [0.1, 0.15) is 38.4 Å². The van der Waals surface area contributed by atoms with Gasteiger partial charge >= 0.3 is 0 Å². The van der Waals surface area contributed by atoms with Crippen molar-refractivity contribution in [1.82, 2.24) is 15.2 Å². The van der Waals surface area contributed by atoms with Gasteiger partial charge in [-0.15, -0.1) is 0 Å². The van der Waals surface area contributed by atoms with E-state index in [9.17, 15) is 0 Å². The van der Waals surface area contributed by atoms with Crippen LogP contribution in [0.3, 0.4) is 0 Å². The van der Waals surface area contributed by atoms with Crippen molar-refractivity contribution in [2.45, 2.75) is 46.2 Å². The number of rotatable bonds is 4. The lowest BCUT2D eigenvalue weighted by atomic mass is 10.1. The molecule has 1 saturated heterocycles. The van der Waals surface area contributed by atoms with Gasteiger partial charge in [-0.3, -0.25) is 9.88 Å². The van der Waals surface area contributed by atoms with Crippen molar-refractivity contribution in [3.8, 4) is 0 Å². The highest BCUT2D eigenvalue weighted by molar-refractivity contribution is 5.17. The minimum absolute atomic E-state index is 0.227. The van der Waals surface area contributed by atoms with E-state index < -0.39 is 0 Å². The van der Waals surface area contributed by atoms with Gasteiger partial charge in [-0.05, 0) is 64.8 Å². The molecule has 1 aromatic heterocycles. The van der Waals surface area contributed by atoms with Crippen LogP contribution in [-0.2, 0) is 6.54 Å². The summed E-state index contributed by atoms with van der Waals surface area (Å²) in [7, 11) is 0. The van der Waals surface area contributed by atoms with E-state index in [0.29, 0.717) is 0 Å². The topological polar surface area (TPSA) is 28.2 Å². The van der Waals surface area contributed by atoms with E-state index in [-0.39, 0.29) is 5.54 Å². The summed E-state index contributed by atoms with van der Waals surface area (Å²) in [5.41, 5.74) is 2.76. The number of hydrogen-bond donors (Lipinski definition) is 1. The summed E-state index contributed by atoms with van der Waals surface area (Å²) in [5.74, 6) is 0.781. The van der Waals surface area contributed by atoms with Crippen molar-refractivity contribution in [2.75, 3.05) is 19.6 Å². The first-order valence-electron chi connectivity index (χ1n) is 7.32. The fourth-order valence-electron chi connectivity index (χ4n) is 2.57. The van der Waals surface area contributed by atoms with Crippen LogP contribution in [0, 0.1) is 12.8 Å². The molecule has 0 aliphatic carbocycles. The molecular formula is C16H27N3. The minimum atomic E-state index is 0.227. The van der Waals surface area contributed by atoms with Crippen LogP contribution < -0.4 is 5.32 Å². The van der Waals surface area contributed by atoms with Gasteiger partial charge in [0.2, 0.25) is 0 Å². The minimum Gasteiger partial charge on any atom is -0.312 e. The zero-order valence-corrected chi connectivity index (χ0v) is 12.7. The molecular weight excluding hydrogens is 234 g/mol. The Morgan fingerprint density at radius 2 is 2.21 bits per heavy atom. The number of nitrogens with zero attached hydrogens (tertiary/aromatic N) is 2. The molecule has 106 valence electrons. The van der Waals surface area contributed by atoms with Crippen LogP contribution in [-0.4, -0.2) is 35.1 Å². The quantitative estimate of drug-likeness (QED) is 0.903. The molecule has 1 fully saturated rings. The molecule has 1 aromatic rings. The maximum atomic E-state index is 4.49. The number of aromatic nitrogens is 1. The normalized spacial score (nSPS) is 20.9. The van der Waals surface area contributed by atoms with Crippen molar-refractivity contribution in [3.63, 3.8) is 0 Å². The highest BCUT2D eigenvalue weighted by Crippen LogP contribution is 2.19. The predicted octanol–water partition coefficient (Wildman–Crippen LogP) is 2.60. The summed E-state index contributed by atoms with van der Waals surface area (Å²) in [6.07, 6.45) is 3.20. The molecule has 3 heteroatoms. The Morgan fingerprint density at radius 3 is 2.89 bits per heavy atom. The molecule has 1 atom stereocenters. The maximum Gasteiger partial charge on any atom is 0.0573 e. The van der Waals surface area contributed by atoms with Crippen molar-refractivity contribution < 1.29 is 0 Å². The Morgan fingerprint density at radius 1 is 1.42 bits per heavy atom. The zero-order chi connectivity index (χ0) is 13.9. The summed E-state index contributed by atoms with van der Waals surface area (Å²) < 4.78 is 0. The average Bonchev–Trinajstić information content (AvgIpc) is 2.77. The standard InChI is InChI=1S/C16H27N3/c1-13-6-5-8-17-15(13)12-19-9-7-14(11-19)10-18-16(2,3)4/h5-6,8,14,18H,7,9-12H2,1-4H3. The van der Waals surface area contributed by atoms with Gasteiger partial charge < -0.3 is 5.32 Å². The van der Waals surface area contributed by atoms with Gasteiger partial charge in [0.25, 0.3) is 0 Å². The van der Waals surface area contributed by atoms with Gasteiger partial charge in [0.05, 0.1) is 5.69 Å². The molecule has 0 radical (unpaired) electrons. The van der Waals surface area contributed by atoms with Gasteiger partial charge in [0, 0.05) is 24.8 Å². The van der Waals surface area contributed by atoms with Gasteiger partial charge in [-0.1, -0.05) is 6.07 Å². The van der Waals surface area contributed by atoms with Crippen LogP contribution in [0.2, 0.25) is 0 Å². The first kappa shape index (κ1) is 14.5. The molecule has 1 N–H and O–H groups in total. The first-order valence-corrected chi connectivity index (χ1v) is 7.32. The van der Waals surface area contributed by atoms with Crippen molar-refractivity contribution >= 4 is 0 Å². The highest BCUT2D eigenvalue weighted by Gasteiger charge is 2.24. The lowest BCUT2D eigenvalue weighted by Crippen LogP contribution is -2.39. The van der Waals surface area contributed by atoms with E-state index in [1.807, 2.05) is 12.3 Å². The second kappa shape index (κ2) is 6.02. The second-order valence-corrected chi connectivity index (χ2v) is 6.79. The smallest absolute Gasteiger partial charge is 0.0573 e. The molecule has 1 aliphatic heterocycles. The third kappa shape index (κ3) is 4.59. The van der Waals surface area contributed by atoms with Gasteiger partial charge in [0.15, 0.2) is 0 Å². The van der Waals surface area contributed by atoms with E-state index in [0.717, 1.165) is 19.0 Å². The van der Waals surface area contributed by atoms with Crippen LogP contribution in [0.15, 0.2) is 18.3 Å². The van der Waals surface area contributed by atoms with Crippen LogP contribution in [0.25, 0.3) is 0 Å². The van der Waals surface area contributed by atoms with Crippen molar-refractivity contribution in [3.05, 3.63) is 29.6 Å². The molecule has 0 bridgehead atoms. The molecule has 0 saturated carbocycles. The van der Waals surface area contributed by atoms with Crippen molar-refractivity contribution in [1.29, 1.82) is 0 Å². The molecule has 0 amide bonds. The fraction of sp³-hybridized carbons (Fsp3) is 0.688. The Kier molecular flexibility index (Phi) is 4.58. The van der Waals surface area contributed by atoms with Crippen LogP contribution in [0.5, 0.6) is 0 Å². The van der Waals surface area contributed by atoms with E-state index in [4.69, 9.17) is 0 Å². The number of aryl methyl sites for hydroxylation is 1. The first-order chi connectivity index (χ1) is 8.94. The third-order valence-corrected chi connectivity index (χ3v) is 3.78. The summed E-state index contributed by atoms with van der Waals surface area (Å²) in [5, 5.41) is 3.62. The molecule has 0 aromatic carbocycles. The SMILES string of the molecule is Cc1cccnc1CN1CCC(CNC(C)(C)C)C1. The number of nitrogens with one attached hydrogen (secondary N) is 1. The monoisotopic (exact) mass is 261 g/mol. The molecule has 0 spiro atoms. The summed E-state index contributed by atoms with van der Waals surface area (Å²) in [6.45, 7) is 13.4.